The summed E-state index contributed by atoms with van der Waals surface area (Å²) in [6.07, 6.45) is 0. The average molecular weight is 374 g/mol. The van der Waals surface area contributed by atoms with E-state index in [4.69, 9.17) is 5.73 Å². The summed E-state index contributed by atoms with van der Waals surface area (Å²) < 4.78 is 16.6. The molecule has 28 heavy (non-hydrogen) atoms. The zero-order valence-electron chi connectivity index (χ0n) is 15.1. The maximum Gasteiger partial charge on any atom is 0.249 e. The molecule has 0 spiro atoms. The molecule has 1 aromatic heterocycles. The molecule has 0 aliphatic carbocycles. The highest BCUT2D eigenvalue weighted by Gasteiger charge is 2.19. The molecule has 4 aromatic rings. The minimum atomic E-state index is -0.582. The van der Waals surface area contributed by atoms with Gasteiger partial charge in [0.25, 0.3) is 0 Å². The van der Waals surface area contributed by atoms with E-state index >= 15 is 0 Å². The van der Waals surface area contributed by atoms with E-state index in [1.807, 2.05) is 24.3 Å². The molecular formula is C22H17FN3O2. The Morgan fingerprint density at radius 1 is 1.14 bits per heavy atom. The number of halogens is 1. The predicted molar refractivity (Wildman–Crippen MR) is 107 cm³/mol. The minimum absolute atomic E-state index is 0.190. The summed E-state index contributed by atoms with van der Waals surface area (Å²) in [6, 6.07) is 18.4. The number of amides is 2. The van der Waals surface area contributed by atoms with Crippen LogP contribution in [0.1, 0.15) is 22.8 Å². The summed E-state index contributed by atoms with van der Waals surface area (Å²) in [7, 11) is 0. The highest BCUT2D eigenvalue weighted by atomic mass is 19.1. The number of hydrogen-bond acceptors (Lipinski definition) is 2. The van der Waals surface area contributed by atoms with E-state index in [2.05, 4.69) is 11.4 Å². The molecule has 0 fully saturated rings. The molecule has 139 valence electrons. The molecule has 1 radical (unpaired) electrons. The van der Waals surface area contributed by atoms with Gasteiger partial charge in [0.1, 0.15) is 5.82 Å². The molecule has 2 amide bonds. The Kier molecular flexibility index (Phi) is 4.31. The number of aromatic nitrogens is 1. The SMILES string of the molecule is CC(=O)Nc1ccccc1Cn1c2cccc(C(N)=O)c2c2[c]ccc(F)c21. The zero-order chi connectivity index (χ0) is 19.8. The monoisotopic (exact) mass is 374 g/mol. The summed E-state index contributed by atoms with van der Waals surface area (Å²) in [5, 5.41) is 3.87. The van der Waals surface area contributed by atoms with Crippen molar-refractivity contribution in [3.05, 3.63) is 77.6 Å². The highest BCUT2D eigenvalue weighted by molar-refractivity contribution is 6.17. The molecule has 0 bridgehead atoms. The number of primary amides is 1. The van der Waals surface area contributed by atoms with Crippen LogP contribution in [0, 0.1) is 11.9 Å². The lowest BCUT2D eigenvalue weighted by Crippen LogP contribution is -2.11. The highest BCUT2D eigenvalue weighted by Crippen LogP contribution is 2.34. The van der Waals surface area contributed by atoms with Gasteiger partial charge in [0, 0.05) is 28.9 Å². The standard InChI is InChI=1S/C22H17FN3O2/c1-13(27)25-18-10-3-2-6-14(18)12-26-19-11-5-8-16(22(24)28)20(19)15-7-4-9-17(23)21(15)26/h2-6,8-11H,12H2,1H3,(H2,24,28)(H,25,27). The quantitative estimate of drug-likeness (QED) is 0.569. The molecule has 0 saturated carbocycles. The first kappa shape index (κ1) is 17.7. The number of nitrogens with one attached hydrogen (secondary N) is 1. The van der Waals surface area contributed by atoms with Crippen LogP contribution >= 0.6 is 0 Å². The Morgan fingerprint density at radius 2 is 1.93 bits per heavy atom. The van der Waals surface area contributed by atoms with E-state index < -0.39 is 11.7 Å². The molecule has 0 saturated heterocycles. The van der Waals surface area contributed by atoms with E-state index in [-0.39, 0.29) is 5.91 Å². The topological polar surface area (TPSA) is 77.1 Å². The number of benzene rings is 3. The second-order valence-electron chi connectivity index (χ2n) is 6.54. The van der Waals surface area contributed by atoms with Gasteiger partial charge in [0.05, 0.1) is 17.6 Å². The lowest BCUT2D eigenvalue weighted by Gasteiger charge is -2.13. The lowest BCUT2D eigenvalue weighted by molar-refractivity contribution is -0.114. The van der Waals surface area contributed by atoms with E-state index in [9.17, 15) is 14.0 Å². The van der Waals surface area contributed by atoms with Crippen molar-refractivity contribution in [3.8, 4) is 0 Å². The number of rotatable bonds is 4. The Bertz CT molecular complexity index is 1240. The van der Waals surface area contributed by atoms with Crippen LogP contribution in [0.4, 0.5) is 10.1 Å². The smallest absolute Gasteiger partial charge is 0.249 e. The van der Waals surface area contributed by atoms with E-state index in [0.717, 1.165) is 5.56 Å². The minimum Gasteiger partial charge on any atom is -0.366 e. The van der Waals surface area contributed by atoms with Gasteiger partial charge in [-0.15, -0.1) is 0 Å². The number of carbonyl (C=O) groups is 2. The van der Waals surface area contributed by atoms with Crippen LogP contribution in [-0.2, 0) is 11.3 Å². The van der Waals surface area contributed by atoms with Gasteiger partial charge in [-0.3, -0.25) is 9.59 Å². The third-order valence-corrected chi connectivity index (χ3v) is 4.70. The Balaban J connectivity index is 2.01. The number of hydrogen-bond donors (Lipinski definition) is 2. The van der Waals surface area contributed by atoms with Gasteiger partial charge in [-0.2, -0.15) is 0 Å². The van der Waals surface area contributed by atoms with Gasteiger partial charge < -0.3 is 15.6 Å². The molecule has 0 atom stereocenters. The summed E-state index contributed by atoms with van der Waals surface area (Å²) in [6.45, 7) is 1.73. The van der Waals surface area contributed by atoms with Crippen LogP contribution in [0.25, 0.3) is 21.8 Å². The van der Waals surface area contributed by atoms with Gasteiger partial charge in [-0.05, 0) is 35.9 Å². The second-order valence-corrected chi connectivity index (χ2v) is 6.54. The largest absolute Gasteiger partial charge is 0.366 e. The fourth-order valence-electron chi connectivity index (χ4n) is 3.58. The number of carbonyl (C=O) groups excluding carboxylic acids is 2. The molecule has 5 nitrogen and oxygen atoms in total. The van der Waals surface area contributed by atoms with E-state index in [1.54, 1.807) is 22.8 Å². The Morgan fingerprint density at radius 3 is 2.68 bits per heavy atom. The lowest BCUT2D eigenvalue weighted by atomic mass is 10.1. The maximum absolute atomic E-state index is 14.8. The summed E-state index contributed by atoms with van der Waals surface area (Å²) in [5.41, 5.74) is 8.33. The van der Waals surface area contributed by atoms with Crippen molar-refractivity contribution >= 4 is 39.3 Å². The first-order chi connectivity index (χ1) is 13.5. The molecule has 0 aliphatic rings. The summed E-state index contributed by atoms with van der Waals surface area (Å²) in [4.78, 5) is 23.5. The van der Waals surface area contributed by atoms with Crippen molar-refractivity contribution in [2.45, 2.75) is 13.5 Å². The molecule has 3 N–H and O–H groups in total. The zero-order valence-corrected chi connectivity index (χ0v) is 15.1. The fraction of sp³-hybridized carbons (Fsp3) is 0.0909. The van der Waals surface area contributed by atoms with Crippen LogP contribution in [0.15, 0.2) is 54.6 Å². The van der Waals surface area contributed by atoms with Crippen LogP contribution < -0.4 is 11.1 Å². The molecule has 0 aliphatic heterocycles. The molecule has 4 rings (SSSR count). The Labute approximate surface area is 160 Å². The summed E-state index contributed by atoms with van der Waals surface area (Å²) in [5.74, 6) is -1.19. The number of fused-ring (bicyclic) bond motifs is 3. The first-order valence-corrected chi connectivity index (χ1v) is 8.73. The maximum atomic E-state index is 14.8. The molecule has 6 heteroatoms. The van der Waals surface area contributed by atoms with Crippen LogP contribution in [0.2, 0.25) is 0 Å². The van der Waals surface area contributed by atoms with Crippen LogP contribution in [-0.4, -0.2) is 16.4 Å². The van der Waals surface area contributed by atoms with E-state index in [0.29, 0.717) is 39.6 Å². The predicted octanol–water partition coefficient (Wildman–Crippen LogP) is 3.84. The van der Waals surface area contributed by atoms with Crippen molar-refractivity contribution < 1.29 is 14.0 Å². The fourth-order valence-corrected chi connectivity index (χ4v) is 3.58. The molecular weight excluding hydrogens is 357 g/mol. The molecule has 1 heterocycles. The van der Waals surface area contributed by atoms with Crippen molar-refractivity contribution in [1.29, 1.82) is 0 Å². The average Bonchev–Trinajstić information content (AvgIpc) is 2.98. The summed E-state index contributed by atoms with van der Waals surface area (Å²) >= 11 is 0. The van der Waals surface area contributed by atoms with Crippen molar-refractivity contribution in [1.82, 2.24) is 4.57 Å². The number of anilines is 1. The van der Waals surface area contributed by atoms with Crippen molar-refractivity contribution in [3.63, 3.8) is 0 Å². The third-order valence-electron chi connectivity index (χ3n) is 4.70. The number of nitrogens with two attached hydrogens (primary N) is 1. The van der Waals surface area contributed by atoms with Gasteiger partial charge in [0.2, 0.25) is 11.8 Å². The van der Waals surface area contributed by atoms with Gasteiger partial charge >= 0.3 is 0 Å². The van der Waals surface area contributed by atoms with Gasteiger partial charge in [-0.1, -0.05) is 30.3 Å². The molecule has 3 aromatic carbocycles. The van der Waals surface area contributed by atoms with E-state index in [1.165, 1.54) is 19.1 Å². The third kappa shape index (κ3) is 2.89. The number of para-hydroxylation sites is 1. The normalized spacial score (nSPS) is 11.1. The van der Waals surface area contributed by atoms with Gasteiger partial charge in [0.15, 0.2) is 0 Å². The first-order valence-electron chi connectivity index (χ1n) is 8.73. The number of nitrogens with zero attached hydrogens (tertiary/aromatic N) is 1. The van der Waals surface area contributed by atoms with Crippen LogP contribution in [0.5, 0.6) is 0 Å². The Hall–Kier alpha value is -3.67. The second kappa shape index (κ2) is 6.81. The van der Waals surface area contributed by atoms with Crippen molar-refractivity contribution in [2.24, 2.45) is 5.73 Å². The van der Waals surface area contributed by atoms with Gasteiger partial charge in [-0.25, -0.2) is 4.39 Å². The van der Waals surface area contributed by atoms with Crippen molar-refractivity contribution in [2.75, 3.05) is 5.32 Å². The molecule has 0 unspecified atom stereocenters. The van der Waals surface area contributed by atoms with Crippen LogP contribution in [0.3, 0.4) is 0 Å².